The fraction of sp³-hybridized carbons (Fsp3) is 0.583. The van der Waals surface area contributed by atoms with E-state index in [0.717, 1.165) is 25.7 Å². The van der Waals surface area contributed by atoms with Crippen LogP contribution in [0.15, 0.2) is 23.3 Å². The topological polar surface area (TPSA) is 17.1 Å². The van der Waals surface area contributed by atoms with Crippen molar-refractivity contribution in [1.29, 1.82) is 0 Å². The van der Waals surface area contributed by atoms with Gasteiger partial charge in [0.15, 0.2) is 0 Å². The first-order chi connectivity index (χ1) is 6.25. The van der Waals surface area contributed by atoms with Crippen molar-refractivity contribution in [2.75, 3.05) is 0 Å². The first-order valence-corrected chi connectivity index (χ1v) is 5.17. The molecular formula is C12H16O. The number of Topliss-reactive ketones (excluding diaryl/α,β-unsaturated/α-hetero) is 1. The highest BCUT2D eigenvalue weighted by Crippen LogP contribution is 2.31. The second kappa shape index (κ2) is 3.49. The van der Waals surface area contributed by atoms with Crippen LogP contribution in [-0.2, 0) is 4.79 Å². The average molecular weight is 176 g/mol. The van der Waals surface area contributed by atoms with Crippen LogP contribution in [0.25, 0.3) is 0 Å². The average Bonchev–Trinajstić information content (AvgIpc) is 2.25. The molecule has 2 rings (SSSR count). The van der Waals surface area contributed by atoms with E-state index in [9.17, 15) is 4.79 Å². The number of allylic oxidation sites excluding steroid dienone is 4. The molecule has 0 heterocycles. The molecule has 0 N–H and O–H groups in total. The number of carbonyl (C=O) groups is 1. The molecule has 13 heavy (non-hydrogen) atoms. The highest BCUT2D eigenvalue weighted by molar-refractivity contribution is 5.82. The van der Waals surface area contributed by atoms with Gasteiger partial charge in [0.05, 0.1) is 0 Å². The summed E-state index contributed by atoms with van der Waals surface area (Å²) in [5.41, 5.74) is 2.77. The Balaban J connectivity index is 2.23. The van der Waals surface area contributed by atoms with Crippen LogP contribution < -0.4 is 0 Å². The van der Waals surface area contributed by atoms with Crippen LogP contribution in [0.1, 0.15) is 39.0 Å². The van der Waals surface area contributed by atoms with Crippen LogP contribution in [0, 0.1) is 5.92 Å². The summed E-state index contributed by atoms with van der Waals surface area (Å²) in [4.78, 5) is 11.4. The quantitative estimate of drug-likeness (QED) is 0.554. The molecule has 0 bridgehead atoms. The third-order valence-corrected chi connectivity index (χ3v) is 2.92. The lowest BCUT2D eigenvalue weighted by Gasteiger charge is -2.16. The Hall–Kier alpha value is -0.850. The Bertz CT molecular complexity index is 283. The molecule has 2 aliphatic rings. The molecule has 1 atom stereocenters. The van der Waals surface area contributed by atoms with Gasteiger partial charge in [-0.3, -0.25) is 4.79 Å². The molecule has 0 radical (unpaired) electrons. The van der Waals surface area contributed by atoms with Crippen LogP contribution in [0.3, 0.4) is 0 Å². The summed E-state index contributed by atoms with van der Waals surface area (Å²) < 4.78 is 0. The molecule has 1 heteroatoms. The summed E-state index contributed by atoms with van der Waals surface area (Å²) in [5.74, 6) is 1.09. The Morgan fingerprint density at radius 3 is 3.00 bits per heavy atom. The van der Waals surface area contributed by atoms with Gasteiger partial charge in [0.1, 0.15) is 5.78 Å². The number of hydrogen-bond acceptors (Lipinski definition) is 1. The van der Waals surface area contributed by atoms with Crippen molar-refractivity contribution < 1.29 is 4.79 Å². The lowest BCUT2D eigenvalue weighted by molar-refractivity contribution is -0.118. The van der Waals surface area contributed by atoms with Crippen LogP contribution in [0.2, 0.25) is 0 Å². The van der Waals surface area contributed by atoms with Gasteiger partial charge in [-0.05, 0) is 36.3 Å². The maximum atomic E-state index is 11.4. The lowest BCUT2D eigenvalue weighted by atomic mass is 9.89. The number of fused-ring (bicyclic) bond motifs is 1. The zero-order valence-corrected chi connectivity index (χ0v) is 8.18. The van der Waals surface area contributed by atoms with E-state index in [4.69, 9.17) is 0 Å². The molecule has 0 aromatic rings. The van der Waals surface area contributed by atoms with Crippen molar-refractivity contribution in [3.63, 3.8) is 0 Å². The molecule has 1 saturated carbocycles. The van der Waals surface area contributed by atoms with Gasteiger partial charge in [0, 0.05) is 12.8 Å². The van der Waals surface area contributed by atoms with Gasteiger partial charge in [-0.25, -0.2) is 0 Å². The standard InChI is InChI=1S/C12H16O/c1-9-5-6-11-8-12(13)4-2-3-10(11)7-9/h6-7,9H,2-5,8H2,1H3. The van der Waals surface area contributed by atoms with E-state index in [1.54, 1.807) is 0 Å². The van der Waals surface area contributed by atoms with E-state index < -0.39 is 0 Å². The Morgan fingerprint density at radius 1 is 1.31 bits per heavy atom. The zero-order chi connectivity index (χ0) is 9.26. The number of carbonyl (C=O) groups excluding carboxylic acids is 1. The highest BCUT2D eigenvalue weighted by atomic mass is 16.1. The molecule has 70 valence electrons. The van der Waals surface area contributed by atoms with Crippen molar-refractivity contribution in [2.45, 2.75) is 39.0 Å². The SMILES string of the molecule is CC1C=C2CCCC(=O)CC2=CC1. The van der Waals surface area contributed by atoms with Crippen LogP contribution >= 0.6 is 0 Å². The molecule has 0 aromatic heterocycles. The third kappa shape index (κ3) is 1.90. The minimum Gasteiger partial charge on any atom is -0.299 e. The fourth-order valence-corrected chi connectivity index (χ4v) is 2.18. The molecule has 0 saturated heterocycles. The van der Waals surface area contributed by atoms with Crippen molar-refractivity contribution in [2.24, 2.45) is 5.92 Å². The van der Waals surface area contributed by atoms with Crippen LogP contribution in [0.5, 0.6) is 0 Å². The van der Waals surface area contributed by atoms with Crippen molar-refractivity contribution in [1.82, 2.24) is 0 Å². The van der Waals surface area contributed by atoms with E-state index >= 15 is 0 Å². The Kier molecular flexibility index (Phi) is 2.34. The lowest BCUT2D eigenvalue weighted by Crippen LogP contribution is -2.02. The fourth-order valence-electron chi connectivity index (χ4n) is 2.18. The van der Waals surface area contributed by atoms with Crippen molar-refractivity contribution in [3.05, 3.63) is 23.3 Å². The second-order valence-corrected chi connectivity index (χ2v) is 4.20. The monoisotopic (exact) mass is 176 g/mol. The first kappa shape index (κ1) is 8.74. The zero-order valence-electron chi connectivity index (χ0n) is 8.18. The molecule has 2 aliphatic carbocycles. The normalized spacial score (nSPS) is 28.7. The second-order valence-electron chi connectivity index (χ2n) is 4.20. The molecule has 0 amide bonds. The Morgan fingerprint density at radius 2 is 2.15 bits per heavy atom. The van der Waals surface area contributed by atoms with E-state index in [1.807, 2.05) is 0 Å². The van der Waals surface area contributed by atoms with Crippen molar-refractivity contribution >= 4 is 5.78 Å². The minimum absolute atomic E-state index is 0.421. The maximum absolute atomic E-state index is 11.4. The van der Waals surface area contributed by atoms with E-state index in [2.05, 4.69) is 19.1 Å². The molecule has 0 aliphatic heterocycles. The molecule has 1 fully saturated rings. The number of ketones is 1. The molecule has 1 unspecified atom stereocenters. The summed E-state index contributed by atoms with van der Waals surface area (Å²) >= 11 is 0. The molecule has 0 spiro atoms. The first-order valence-electron chi connectivity index (χ1n) is 5.17. The van der Waals surface area contributed by atoms with E-state index in [-0.39, 0.29) is 0 Å². The largest absolute Gasteiger partial charge is 0.299 e. The number of hydrogen-bond donors (Lipinski definition) is 0. The van der Waals surface area contributed by atoms with Gasteiger partial charge in [-0.2, -0.15) is 0 Å². The van der Waals surface area contributed by atoms with Gasteiger partial charge in [-0.1, -0.05) is 19.1 Å². The van der Waals surface area contributed by atoms with E-state index in [0.29, 0.717) is 18.1 Å². The third-order valence-electron chi connectivity index (χ3n) is 2.92. The maximum Gasteiger partial charge on any atom is 0.137 e. The van der Waals surface area contributed by atoms with Gasteiger partial charge in [-0.15, -0.1) is 0 Å². The molecular weight excluding hydrogens is 160 g/mol. The predicted molar refractivity (Wildman–Crippen MR) is 53.4 cm³/mol. The minimum atomic E-state index is 0.421. The van der Waals surface area contributed by atoms with Crippen LogP contribution in [0.4, 0.5) is 0 Å². The summed E-state index contributed by atoms with van der Waals surface area (Å²) in [6.07, 6.45) is 9.38. The summed E-state index contributed by atoms with van der Waals surface area (Å²) in [6, 6.07) is 0. The highest BCUT2D eigenvalue weighted by Gasteiger charge is 2.18. The van der Waals surface area contributed by atoms with Crippen molar-refractivity contribution in [3.8, 4) is 0 Å². The van der Waals surface area contributed by atoms with Gasteiger partial charge >= 0.3 is 0 Å². The number of rotatable bonds is 0. The summed E-state index contributed by atoms with van der Waals surface area (Å²) in [5, 5.41) is 0. The summed E-state index contributed by atoms with van der Waals surface area (Å²) in [7, 11) is 0. The van der Waals surface area contributed by atoms with Gasteiger partial charge < -0.3 is 0 Å². The smallest absolute Gasteiger partial charge is 0.137 e. The molecule has 1 nitrogen and oxygen atoms in total. The summed E-state index contributed by atoms with van der Waals surface area (Å²) in [6.45, 7) is 2.24. The van der Waals surface area contributed by atoms with Crippen LogP contribution in [-0.4, -0.2) is 5.78 Å². The van der Waals surface area contributed by atoms with Gasteiger partial charge in [0.25, 0.3) is 0 Å². The predicted octanol–water partition coefficient (Wildman–Crippen LogP) is 3.02. The Labute approximate surface area is 79.5 Å². The van der Waals surface area contributed by atoms with E-state index in [1.165, 1.54) is 11.1 Å². The van der Waals surface area contributed by atoms with Gasteiger partial charge in [0.2, 0.25) is 0 Å². The molecule has 0 aromatic carbocycles.